The van der Waals surface area contributed by atoms with E-state index in [1.54, 1.807) is 12.1 Å². The second kappa shape index (κ2) is 6.00. The van der Waals surface area contributed by atoms with Gasteiger partial charge in [0.25, 0.3) is 0 Å². The molecule has 0 saturated heterocycles. The fraction of sp³-hybridized carbons (Fsp3) is 0.462. The number of pyridine rings is 1. The highest BCUT2D eigenvalue weighted by Gasteiger charge is 2.23. The molecule has 1 rings (SSSR count). The summed E-state index contributed by atoms with van der Waals surface area (Å²) >= 11 is 0. The fourth-order valence-electron chi connectivity index (χ4n) is 1.62. The van der Waals surface area contributed by atoms with Crippen molar-refractivity contribution in [2.24, 2.45) is 11.8 Å². The number of hydrogen-bond donors (Lipinski definition) is 0. The van der Waals surface area contributed by atoms with Crippen molar-refractivity contribution in [1.29, 1.82) is 5.26 Å². The van der Waals surface area contributed by atoms with E-state index in [1.807, 2.05) is 13.8 Å². The Kier molecular flexibility index (Phi) is 4.65. The van der Waals surface area contributed by atoms with Crippen LogP contribution in [0.5, 0.6) is 5.88 Å². The third-order valence-electron chi connectivity index (χ3n) is 2.68. The van der Waals surface area contributed by atoms with Gasteiger partial charge in [0, 0.05) is 30.2 Å². The quantitative estimate of drug-likeness (QED) is 0.731. The Hall–Kier alpha value is -1.89. The van der Waals surface area contributed by atoms with Gasteiger partial charge in [0.05, 0.1) is 13.2 Å². The molecule has 1 atom stereocenters. The van der Waals surface area contributed by atoms with Crippen LogP contribution in [0, 0.1) is 23.2 Å². The van der Waals surface area contributed by atoms with Gasteiger partial charge in [-0.25, -0.2) is 4.98 Å². The average Bonchev–Trinajstić information content (AvgIpc) is 2.34. The molecule has 0 aliphatic carbocycles. The van der Waals surface area contributed by atoms with E-state index in [1.165, 1.54) is 13.3 Å². The number of methoxy groups -OCH3 is 1. The standard InChI is InChI=1S/C13H16N2O2/c1-9(2)11(4-6-14)13(16)10-5-7-15-12(8-10)17-3/h5,7-9,11H,4H2,1-3H3. The van der Waals surface area contributed by atoms with Gasteiger partial charge < -0.3 is 4.74 Å². The molecule has 0 aliphatic heterocycles. The molecule has 0 saturated carbocycles. The molecule has 4 heteroatoms. The van der Waals surface area contributed by atoms with Crippen molar-refractivity contribution in [3.05, 3.63) is 23.9 Å². The van der Waals surface area contributed by atoms with Crippen molar-refractivity contribution in [3.63, 3.8) is 0 Å². The van der Waals surface area contributed by atoms with Crippen molar-refractivity contribution < 1.29 is 9.53 Å². The molecule has 0 amide bonds. The Bertz CT molecular complexity index is 435. The largest absolute Gasteiger partial charge is 0.481 e. The highest BCUT2D eigenvalue weighted by atomic mass is 16.5. The lowest BCUT2D eigenvalue weighted by Crippen LogP contribution is -2.20. The monoisotopic (exact) mass is 232 g/mol. The van der Waals surface area contributed by atoms with Crippen molar-refractivity contribution in [2.45, 2.75) is 20.3 Å². The van der Waals surface area contributed by atoms with Crippen LogP contribution in [0.3, 0.4) is 0 Å². The predicted octanol–water partition coefficient (Wildman–Crippen LogP) is 2.46. The van der Waals surface area contributed by atoms with Gasteiger partial charge in [-0.3, -0.25) is 4.79 Å². The fourth-order valence-corrected chi connectivity index (χ4v) is 1.62. The average molecular weight is 232 g/mol. The zero-order valence-corrected chi connectivity index (χ0v) is 10.3. The first kappa shape index (κ1) is 13.2. The van der Waals surface area contributed by atoms with Crippen LogP contribution in [-0.2, 0) is 0 Å². The number of aromatic nitrogens is 1. The first-order valence-electron chi connectivity index (χ1n) is 5.51. The molecule has 0 spiro atoms. The van der Waals surface area contributed by atoms with Gasteiger partial charge in [0.2, 0.25) is 5.88 Å². The first-order valence-corrected chi connectivity index (χ1v) is 5.51. The first-order chi connectivity index (χ1) is 8.10. The van der Waals surface area contributed by atoms with Crippen molar-refractivity contribution in [3.8, 4) is 11.9 Å². The summed E-state index contributed by atoms with van der Waals surface area (Å²) in [6, 6.07) is 5.32. The second-order valence-electron chi connectivity index (χ2n) is 4.16. The molecule has 0 aromatic carbocycles. The van der Waals surface area contributed by atoms with E-state index in [9.17, 15) is 4.79 Å². The van der Waals surface area contributed by atoms with Gasteiger partial charge in [-0.15, -0.1) is 0 Å². The molecule has 0 aliphatic rings. The Morgan fingerprint density at radius 1 is 1.59 bits per heavy atom. The van der Waals surface area contributed by atoms with Crippen molar-refractivity contribution >= 4 is 5.78 Å². The maximum absolute atomic E-state index is 12.2. The third-order valence-corrected chi connectivity index (χ3v) is 2.68. The number of Topliss-reactive ketones (excluding diaryl/α,β-unsaturated/α-hetero) is 1. The molecule has 1 aromatic rings. The van der Waals surface area contributed by atoms with Gasteiger partial charge >= 0.3 is 0 Å². The SMILES string of the molecule is COc1cc(C(=O)C(CC#N)C(C)C)ccn1. The topological polar surface area (TPSA) is 63.0 Å². The molecule has 0 radical (unpaired) electrons. The maximum Gasteiger partial charge on any atom is 0.213 e. The van der Waals surface area contributed by atoms with Gasteiger partial charge in [-0.2, -0.15) is 5.26 Å². The van der Waals surface area contributed by atoms with Crippen LogP contribution in [-0.4, -0.2) is 17.9 Å². The zero-order chi connectivity index (χ0) is 12.8. The summed E-state index contributed by atoms with van der Waals surface area (Å²) in [6.07, 6.45) is 1.77. The van der Waals surface area contributed by atoms with Crippen molar-refractivity contribution in [1.82, 2.24) is 4.98 Å². The lowest BCUT2D eigenvalue weighted by molar-refractivity contribution is 0.0888. The summed E-state index contributed by atoms with van der Waals surface area (Å²) in [6.45, 7) is 3.89. The number of ketones is 1. The van der Waals surface area contributed by atoms with Crippen LogP contribution >= 0.6 is 0 Å². The minimum absolute atomic E-state index is 0.0257. The summed E-state index contributed by atoms with van der Waals surface area (Å²) in [5.74, 6) is 0.256. The molecule has 1 heterocycles. The van der Waals surface area contributed by atoms with Crippen LogP contribution < -0.4 is 4.74 Å². The van der Waals surface area contributed by atoms with Gasteiger partial charge in [-0.05, 0) is 12.0 Å². The van der Waals surface area contributed by atoms with Crippen LogP contribution in [0.2, 0.25) is 0 Å². The third kappa shape index (κ3) is 3.28. The molecule has 0 bridgehead atoms. The Morgan fingerprint density at radius 2 is 2.29 bits per heavy atom. The maximum atomic E-state index is 12.2. The van der Waals surface area contributed by atoms with E-state index in [2.05, 4.69) is 11.1 Å². The molecule has 1 unspecified atom stereocenters. The number of nitrogens with zero attached hydrogens (tertiary/aromatic N) is 2. The molecule has 0 N–H and O–H groups in total. The summed E-state index contributed by atoms with van der Waals surface area (Å²) in [7, 11) is 1.51. The van der Waals surface area contributed by atoms with Crippen LogP contribution in [0.1, 0.15) is 30.6 Å². The van der Waals surface area contributed by atoms with Crippen molar-refractivity contribution in [2.75, 3.05) is 7.11 Å². The molecular formula is C13H16N2O2. The van der Waals surface area contributed by atoms with E-state index in [4.69, 9.17) is 10.00 Å². The van der Waals surface area contributed by atoms with Crippen LogP contribution in [0.15, 0.2) is 18.3 Å². The Balaban J connectivity index is 2.97. The predicted molar refractivity (Wildman–Crippen MR) is 63.7 cm³/mol. The van der Waals surface area contributed by atoms with E-state index in [-0.39, 0.29) is 24.0 Å². The van der Waals surface area contributed by atoms with Gasteiger partial charge in [0.1, 0.15) is 0 Å². The highest BCUT2D eigenvalue weighted by Crippen LogP contribution is 2.21. The number of nitriles is 1. The highest BCUT2D eigenvalue weighted by molar-refractivity contribution is 5.98. The molecule has 17 heavy (non-hydrogen) atoms. The second-order valence-corrected chi connectivity index (χ2v) is 4.16. The molecule has 1 aromatic heterocycles. The Morgan fingerprint density at radius 3 is 2.82 bits per heavy atom. The summed E-state index contributed by atoms with van der Waals surface area (Å²) in [5, 5.41) is 8.74. The molecular weight excluding hydrogens is 216 g/mol. The van der Waals surface area contributed by atoms with E-state index in [0.29, 0.717) is 11.4 Å². The van der Waals surface area contributed by atoms with Crippen LogP contribution in [0.25, 0.3) is 0 Å². The minimum atomic E-state index is -0.271. The number of ether oxygens (including phenoxy) is 1. The summed E-state index contributed by atoms with van der Waals surface area (Å²) < 4.78 is 4.98. The number of rotatable bonds is 5. The molecule has 90 valence electrons. The zero-order valence-electron chi connectivity index (χ0n) is 10.3. The normalized spacial score (nSPS) is 11.9. The Labute approximate surface area is 101 Å². The number of hydrogen-bond acceptors (Lipinski definition) is 4. The van der Waals surface area contributed by atoms with Gasteiger partial charge in [0.15, 0.2) is 5.78 Å². The van der Waals surface area contributed by atoms with Crippen LogP contribution in [0.4, 0.5) is 0 Å². The number of carbonyl (C=O) groups excluding carboxylic acids is 1. The summed E-state index contributed by atoms with van der Waals surface area (Å²) in [5.41, 5.74) is 0.547. The smallest absolute Gasteiger partial charge is 0.213 e. The van der Waals surface area contributed by atoms with E-state index < -0.39 is 0 Å². The van der Waals surface area contributed by atoms with Gasteiger partial charge in [-0.1, -0.05) is 13.8 Å². The minimum Gasteiger partial charge on any atom is -0.481 e. The molecule has 0 fully saturated rings. The van der Waals surface area contributed by atoms with E-state index >= 15 is 0 Å². The summed E-state index contributed by atoms with van der Waals surface area (Å²) in [4.78, 5) is 16.2. The lowest BCUT2D eigenvalue weighted by Gasteiger charge is -2.16. The molecule has 4 nitrogen and oxygen atoms in total. The number of carbonyl (C=O) groups is 1. The van der Waals surface area contributed by atoms with E-state index in [0.717, 1.165) is 0 Å². The lowest BCUT2D eigenvalue weighted by atomic mass is 9.86.